The molecule has 3 nitrogen and oxygen atoms in total. The molecular formula is C19H25NO2. The average Bonchev–Trinajstić information content (AvgIpc) is 2.55. The van der Waals surface area contributed by atoms with E-state index in [4.69, 9.17) is 9.47 Å². The van der Waals surface area contributed by atoms with Gasteiger partial charge in [0.1, 0.15) is 11.5 Å². The third kappa shape index (κ3) is 5.78. The van der Waals surface area contributed by atoms with Crippen molar-refractivity contribution in [1.82, 2.24) is 4.90 Å². The van der Waals surface area contributed by atoms with Gasteiger partial charge in [0.25, 0.3) is 0 Å². The molecule has 2 aromatic rings. The summed E-state index contributed by atoms with van der Waals surface area (Å²) in [6, 6.07) is 18.3. The van der Waals surface area contributed by atoms with Crippen LogP contribution in [0.2, 0.25) is 0 Å². The molecule has 0 bridgehead atoms. The van der Waals surface area contributed by atoms with Crippen LogP contribution >= 0.6 is 0 Å². The number of hydrogen-bond donors (Lipinski definition) is 0. The molecule has 118 valence electrons. The maximum absolute atomic E-state index is 5.71. The average molecular weight is 299 g/mol. The first-order chi connectivity index (χ1) is 10.8. The zero-order chi connectivity index (χ0) is 15.6. The minimum atomic E-state index is 0.709. The van der Waals surface area contributed by atoms with Crippen molar-refractivity contribution in [2.24, 2.45) is 0 Å². The SMILES string of the molecule is CCOc1ccc(CN(C)CCCOc2ccccc2)cc1. The van der Waals surface area contributed by atoms with Gasteiger partial charge in [-0.3, -0.25) is 0 Å². The molecule has 3 heteroatoms. The predicted molar refractivity (Wildman–Crippen MR) is 90.5 cm³/mol. The first-order valence-electron chi connectivity index (χ1n) is 7.86. The van der Waals surface area contributed by atoms with E-state index in [1.807, 2.05) is 49.4 Å². The molecule has 0 aliphatic carbocycles. The van der Waals surface area contributed by atoms with Gasteiger partial charge in [0.2, 0.25) is 0 Å². The third-order valence-corrected chi connectivity index (χ3v) is 3.38. The maximum Gasteiger partial charge on any atom is 0.119 e. The molecule has 0 saturated heterocycles. The summed E-state index contributed by atoms with van der Waals surface area (Å²) in [5, 5.41) is 0. The van der Waals surface area contributed by atoms with Crippen molar-refractivity contribution in [2.45, 2.75) is 19.9 Å². The van der Waals surface area contributed by atoms with E-state index in [1.54, 1.807) is 0 Å². The maximum atomic E-state index is 5.71. The van der Waals surface area contributed by atoms with Gasteiger partial charge in [-0.25, -0.2) is 0 Å². The largest absolute Gasteiger partial charge is 0.494 e. The van der Waals surface area contributed by atoms with Crippen LogP contribution in [-0.2, 0) is 6.54 Å². The van der Waals surface area contributed by atoms with E-state index in [-0.39, 0.29) is 0 Å². The Morgan fingerprint density at radius 3 is 2.23 bits per heavy atom. The minimum absolute atomic E-state index is 0.709. The molecule has 0 unspecified atom stereocenters. The van der Waals surface area contributed by atoms with Crippen LogP contribution < -0.4 is 9.47 Å². The van der Waals surface area contributed by atoms with Crippen molar-refractivity contribution in [3.05, 3.63) is 60.2 Å². The standard InChI is InChI=1S/C19H25NO2/c1-3-21-19-12-10-17(11-13-19)16-20(2)14-7-15-22-18-8-5-4-6-9-18/h4-6,8-13H,3,7,14-16H2,1-2H3. The van der Waals surface area contributed by atoms with E-state index in [0.29, 0.717) is 6.61 Å². The molecule has 0 atom stereocenters. The third-order valence-electron chi connectivity index (χ3n) is 3.38. The zero-order valence-electron chi connectivity index (χ0n) is 13.5. The Kier molecular flexibility index (Phi) is 6.78. The van der Waals surface area contributed by atoms with Crippen LogP contribution in [0.4, 0.5) is 0 Å². The van der Waals surface area contributed by atoms with E-state index < -0.39 is 0 Å². The fraction of sp³-hybridized carbons (Fsp3) is 0.368. The molecule has 0 fully saturated rings. The number of nitrogens with zero attached hydrogens (tertiary/aromatic N) is 1. The predicted octanol–water partition coefficient (Wildman–Crippen LogP) is 3.99. The van der Waals surface area contributed by atoms with Crippen LogP contribution in [0.5, 0.6) is 11.5 Å². The lowest BCUT2D eigenvalue weighted by molar-refractivity contribution is 0.258. The minimum Gasteiger partial charge on any atom is -0.494 e. The highest BCUT2D eigenvalue weighted by Gasteiger charge is 2.01. The van der Waals surface area contributed by atoms with Gasteiger partial charge in [0, 0.05) is 13.1 Å². The monoisotopic (exact) mass is 299 g/mol. The molecule has 0 spiro atoms. The number of para-hydroxylation sites is 1. The van der Waals surface area contributed by atoms with Crippen molar-refractivity contribution >= 4 is 0 Å². The van der Waals surface area contributed by atoms with E-state index in [1.165, 1.54) is 5.56 Å². The second-order valence-electron chi connectivity index (χ2n) is 5.33. The van der Waals surface area contributed by atoms with Crippen LogP contribution in [0.3, 0.4) is 0 Å². The van der Waals surface area contributed by atoms with Crippen molar-refractivity contribution in [2.75, 3.05) is 26.8 Å². The topological polar surface area (TPSA) is 21.7 Å². The number of benzene rings is 2. The van der Waals surface area contributed by atoms with Gasteiger partial charge in [-0.2, -0.15) is 0 Å². The Hall–Kier alpha value is -2.00. The van der Waals surface area contributed by atoms with Crippen molar-refractivity contribution in [1.29, 1.82) is 0 Å². The summed E-state index contributed by atoms with van der Waals surface area (Å²) >= 11 is 0. The number of rotatable bonds is 9. The van der Waals surface area contributed by atoms with Crippen LogP contribution in [0.25, 0.3) is 0 Å². The lowest BCUT2D eigenvalue weighted by Gasteiger charge is -2.17. The van der Waals surface area contributed by atoms with E-state index >= 15 is 0 Å². The Morgan fingerprint density at radius 1 is 0.864 bits per heavy atom. The Balaban J connectivity index is 1.66. The molecule has 2 aromatic carbocycles. The molecule has 0 N–H and O–H groups in total. The Labute approximate surface area is 133 Å². The quantitative estimate of drug-likeness (QED) is 0.654. The summed E-state index contributed by atoms with van der Waals surface area (Å²) in [5.74, 6) is 1.88. The second kappa shape index (κ2) is 9.11. The molecule has 0 radical (unpaired) electrons. The fourth-order valence-electron chi connectivity index (χ4n) is 2.29. The van der Waals surface area contributed by atoms with Gasteiger partial charge in [-0.15, -0.1) is 0 Å². The van der Waals surface area contributed by atoms with Gasteiger partial charge >= 0.3 is 0 Å². The highest BCUT2D eigenvalue weighted by Crippen LogP contribution is 2.13. The van der Waals surface area contributed by atoms with E-state index in [0.717, 1.165) is 37.6 Å². The van der Waals surface area contributed by atoms with Gasteiger partial charge in [-0.1, -0.05) is 30.3 Å². The first kappa shape index (κ1) is 16.4. The van der Waals surface area contributed by atoms with E-state index in [2.05, 4.69) is 24.1 Å². The highest BCUT2D eigenvalue weighted by molar-refractivity contribution is 5.27. The number of hydrogen-bond acceptors (Lipinski definition) is 3. The summed E-state index contributed by atoms with van der Waals surface area (Å²) in [4.78, 5) is 2.31. The van der Waals surface area contributed by atoms with Crippen molar-refractivity contribution in [3.8, 4) is 11.5 Å². The van der Waals surface area contributed by atoms with E-state index in [9.17, 15) is 0 Å². The fourth-order valence-corrected chi connectivity index (χ4v) is 2.29. The lowest BCUT2D eigenvalue weighted by Crippen LogP contribution is -2.20. The van der Waals surface area contributed by atoms with Crippen LogP contribution in [0.1, 0.15) is 18.9 Å². The molecule has 0 saturated carbocycles. The molecule has 0 aromatic heterocycles. The van der Waals surface area contributed by atoms with Crippen molar-refractivity contribution in [3.63, 3.8) is 0 Å². The first-order valence-corrected chi connectivity index (χ1v) is 7.86. The van der Waals surface area contributed by atoms with Crippen LogP contribution in [0.15, 0.2) is 54.6 Å². The second-order valence-corrected chi connectivity index (χ2v) is 5.33. The molecule has 0 aliphatic rings. The molecule has 0 amide bonds. The molecule has 22 heavy (non-hydrogen) atoms. The molecule has 0 aliphatic heterocycles. The number of ether oxygens (including phenoxy) is 2. The van der Waals surface area contributed by atoms with Gasteiger partial charge in [-0.05, 0) is 50.2 Å². The zero-order valence-corrected chi connectivity index (χ0v) is 13.5. The smallest absolute Gasteiger partial charge is 0.119 e. The summed E-state index contributed by atoms with van der Waals surface area (Å²) in [6.45, 7) is 5.41. The van der Waals surface area contributed by atoms with Gasteiger partial charge in [0.05, 0.1) is 13.2 Å². The van der Waals surface area contributed by atoms with Gasteiger partial charge in [0.15, 0.2) is 0 Å². The Bertz CT molecular complexity index is 525. The molecular weight excluding hydrogens is 274 g/mol. The van der Waals surface area contributed by atoms with Crippen LogP contribution in [-0.4, -0.2) is 31.7 Å². The summed E-state index contributed by atoms with van der Waals surface area (Å²) in [6.07, 6.45) is 1.02. The normalized spacial score (nSPS) is 10.7. The lowest BCUT2D eigenvalue weighted by atomic mass is 10.2. The molecule has 2 rings (SSSR count). The highest BCUT2D eigenvalue weighted by atomic mass is 16.5. The summed E-state index contributed by atoms with van der Waals surface area (Å²) < 4.78 is 11.2. The van der Waals surface area contributed by atoms with Gasteiger partial charge < -0.3 is 14.4 Å². The van der Waals surface area contributed by atoms with Crippen molar-refractivity contribution < 1.29 is 9.47 Å². The Morgan fingerprint density at radius 2 is 1.55 bits per heavy atom. The molecule has 0 heterocycles. The van der Waals surface area contributed by atoms with Crippen LogP contribution in [0, 0.1) is 0 Å². The summed E-state index contributed by atoms with van der Waals surface area (Å²) in [5.41, 5.74) is 1.30. The summed E-state index contributed by atoms with van der Waals surface area (Å²) in [7, 11) is 2.14.